The van der Waals surface area contributed by atoms with Crippen LogP contribution < -0.4 is 5.32 Å². The highest BCUT2D eigenvalue weighted by atomic mass is 32.2. The molecule has 1 fully saturated rings. The summed E-state index contributed by atoms with van der Waals surface area (Å²) in [5, 5.41) is 13.9. The number of carbonyl (C=O) groups is 1. The molecule has 170 valence electrons. The van der Waals surface area contributed by atoms with E-state index in [-0.39, 0.29) is 16.8 Å². The number of hydrogen-bond donors (Lipinski definition) is 1. The number of nitrogens with one attached hydrogen (secondary N) is 1. The number of rotatable bonds is 6. The molecule has 3 aromatic rings. The second kappa shape index (κ2) is 9.83. The number of anilines is 1. The third-order valence-electron chi connectivity index (χ3n) is 5.80. The lowest BCUT2D eigenvalue weighted by molar-refractivity contribution is 0.102. The summed E-state index contributed by atoms with van der Waals surface area (Å²) in [5.74, 6) is -0.357. The number of sulfonamides is 1. The Morgan fingerprint density at radius 3 is 2.58 bits per heavy atom. The average molecular weight is 481 g/mol. The lowest BCUT2D eigenvalue weighted by atomic mass is 10.0. The number of hydrogen-bond acceptors (Lipinski definition) is 6. The molecule has 0 aliphatic carbocycles. The Kier molecular flexibility index (Phi) is 6.88. The number of aromatic nitrogens is 1. The van der Waals surface area contributed by atoms with Crippen molar-refractivity contribution in [1.29, 1.82) is 5.26 Å². The van der Waals surface area contributed by atoms with E-state index in [1.165, 1.54) is 35.6 Å². The minimum absolute atomic E-state index is 0.0296. The van der Waals surface area contributed by atoms with Gasteiger partial charge in [-0.1, -0.05) is 25.5 Å². The van der Waals surface area contributed by atoms with E-state index in [9.17, 15) is 13.2 Å². The fourth-order valence-electron chi connectivity index (χ4n) is 3.96. The standard InChI is InChI=1S/C24H24N4O3S2/c1-2-20-5-3-4-14-28(20)33(30,31)21-12-10-19(11-13-21)23(29)27-24-26-22(16-32-24)18-8-6-17(15-25)7-9-18/h6-13,16,20H,2-5,14H2,1H3,(H,26,27,29)/t20-/m0/s1. The lowest BCUT2D eigenvalue weighted by Gasteiger charge is -2.34. The average Bonchev–Trinajstić information content (AvgIpc) is 3.32. The number of carbonyl (C=O) groups excluding carboxylic acids is 1. The van der Waals surface area contributed by atoms with Crippen molar-refractivity contribution in [3.8, 4) is 17.3 Å². The van der Waals surface area contributed by atoms with Crippen LogP contribution in [0.3, 0.4) is 0 Å². The normalized spacial score (nSPS) is 16.8. The first kappa shape index (κ1) is 23.1. The summed E-state index contributed by atoms with van der Waals surface area (Å²) in [6.07, 6.45) is 3.59. The Balaban J connectivity index is 1.45. The highest BCUT2D eigenvalue weighted by molar-refractivity contribution is 7.89. The molecule has 1 amide bonds. The van der Waals surface area contributed by atoms with Gasteiger partial charge in [0.25, 0.3) is 5.91 Å². The molecule has 1 saturated heterocycles. The van der Waals surface area contributed by atoms with Gasteiger partial charge in [-0.05, 0) is 55.7 Å². The lowest BCUT2D eigenvalue weighted by Crippen LogP contribution is -2.43. The van der Waals surface area contributed by atoms with Crippen molar-refractivity contribution in [3.05, 3.63) is 65.0 Å². The quantitative estimate of drug-likeness (QED) is 0.541. The fraction of sp³-hybridized carbons (Fsp3) is 0.292. The fourth-order valence-corrected chi connectivity index (χ4v) is 6.44. The third-order valence-corrected chi connectivity index (χ3v) is 8.53. The summed E-state index contributed by atoms with van der Waals surface area (Å²) in [6.45, 7) is 2.55. The van der Waals surface area contributed by atoms with Crippen LogP contribution in [0, 0.1) is 11.3 Å². The summed E-state index contributed by atoms with van der Waals surface area (Å²) >= 11 is 1.30. The minimum Gasteiger partial charge on any atom is -0.298 e. The monoisotopic (exact) mass is 480 g/mol. The maximum atomic E-state index is 13.1. The predicted molar refractivity (Wildman–Crippen MR) is 128 cm³/mol. The van der Waals surface area contributed by atoms with Crippen molar-refractivity contribution < 1.29 is 13.2 Å². The molecule has 0 radical (unpaired) electrons. The van der Waals surface area contributed by atoms with E-state index in [1.807, 2.05) is 24.4 Å². The molecule has 0 unspecified atom stereocenters. The molecule has 1 atom stereocenters. The number of benzene rings is 2. The van der Waals surface area contributed by atoms with Crippen molar-refractivity contribution in [1.82, 2.24) is 9.29 Å². The molecule has 1 aliphatic heterocycles. The highest BCUT2D eigenvalue weighted by Gasteiger charge is 2.32. The second-order valence-electron chi connectivity index (χ2n) is 7.88. The molecular weight excluding hydrogens is 456 g/mol. The largest absolute Gasteiger partial charge is 0.298 e. The molecule has 9 heteroatoms. The Bertz CT molecular complexity index is 1280. The van der Waals surface area contributed by atoms with Crippen LogP contribution in [0.4, 0.5) is 5.13 Å². The first-order chi connectivity index (χ1) is 15.9. The van der Waals surface area contributed by atoms with Gasteiger partial charge >= 0.3 is 0 Å². The van der Waals surface area contributed by atoms with Crippen LogP contribution in [0.25, 0.3) is 11.3 Å². The van der Waals surface area contributed by atoms with Gasteiger partial charge in [0.05, 0.1) is 22.2 Å². The molecule has 4 rings (SSSR count). The maximum absolute atomic E-state index is 13.1. The summed E-state index contributed by atoms with van der Waals surface area (Å²) in [4.78, 5) is 17.3. The summed E-state index contributed by atoms with van der Waals surface area (Å²) in [7, 11) is -3.59. The van der Waals surface area contributed by atoms with E-state index in [0.717, 1.165) is 31.2 Å². The van der Waals surface area contributed by atoms with E-state index >= 15 is 0 Å². The maximum Gasteiger partial charge on any atom is 0.257 e. The second-order valence-corrected chi connectivity index (χ2v) is 10.6. The van der Waals surface area contributed by atoms with Gasteiger partial charge in [0, 0.05) is 29.1 Å². The van der Waals surface area contributed by atoms with Crippen LogP contribution in [0.5, 0.6) is 0 Å². The molecule has 0 bridgehead atoms. The molecule has 1 aromatic heterocycles. The van der Waals surface area contributed by atoms with E-state index in [0.29, 0.717) is 28.5 Å². The predicted octanol–water partition coefficient (Wildman–Crippen LogP) is 4.89. The number of thiazole rings is 1. The Hall–Kier alpha value is -3.06. The molecule has 7 nitrogen and oxygen atoms in total. The molecule has 2 heterocycles. The van der Waals surface area contributed by atoms with Gasteiger partial charge in [-0.3, -0.25) is 10.1 Å². The summed E-state index contributed by atoms with van der Waals surface area (Å²) in [6, 6.07) is 15.2. The topological polar surface area (TPSA) is 103 Å². The van der Waals surface area contributed by atoms with Crippen LogP contribution >= 0.6 is 11.3 Å². The van der Waals surface area contributed by atoms with Crippen molar-refractivity contribution in [2.24, 2.45) is 0 Å². The van der Waals surface area contributed by atoms with Crippen LogP contribution in [0.1, 0.15) is 48.5 Å². The Labute approximate surface area is 197 Å². The van der Waals surface area contributed by atoms with Gasteiger partial charge in [-0.2, -0.15) is 9.57 Å². The smallest absolute Gasteiger partial charge is 0.257 e. The number of amides is 1. The Morgan fingerprint density at radius 1 is 1.18 bits per heavy atom. The molecule has 1 N–H and O–H groups in total. The Morgan fingerprint density at radius 2 is 1.91 bits per heavy atom. The van der Waals surface area contributed by atoms with Gasteiger partial charge in [0.2, 0.25) is 10.0 Å². The number of nitriles is 1. The van der Waals surface area contributed by atoms with Crippen molar-refractivity contribution in [2.75, 3.05) is 11.9 Å². The zero-order valence-corrected chi connectivity index (χ0v) is 19.8. The van der Waals surface area contributed by atoms with E-state index in [2.05, 4.69) is 16.4 Å². The minimum atomic E-state index is -3.59. The molecule has 0 spiro atoms. The van der Waals surface area contributed by atoms with Crippen LogP contribution in [-0.4, -0.2) is 36.2 Å². The van der Waals surface area contributed by atoms with Gasteiger partial charge < -0.3 is 0 Å². The molecular formula is C24H24N4O3S2. The van der Waals surface area contributed by atoms with Gasteiger partial charge in [-0.25, -0.2) is 13.4 Å². The zero-order valence-electron chi connectivity index (χ0n) is 18.2. The van der Waals surface area contributed by atoms with Crippen LogP contribution in [0.2, 0.25) is 0 Å². The van der Waals surface area contributed by atoms with Gasteiger partial charge in [0.15, 0.2) is 5.13 Å². The summed E-state index contributed by atoms with van der Waals surface area (Å²) < 4.78 is 27.8. The van der Waals surface area contributed by atoms with E-state index in [1.54, 1.807) is 16.4 Å². The van der Waals surface area contributed by atoms with Gasteiger partial charge in [-0.15, -0.1) is 11.3 Å². The van der Waals surface area contributed by atoms with E-state index in [4.69, 9.17) is 5.26 Å². The van der Waals surface area contributed by atoms with E-state index < -0.39 is 10.0 Å². The van der Waals surface area contributed by atoms with Crippen molar-refractivity contribution >= 4 is 32.4 Å². The van der Waals surface area contributed by atoms with Crippen LogP contribution in [-0.2, 0) is 10.0 Å². The van der Waals surface area contributed by atoms with Crippen LogP contribution in [0.15, 0.2) is 58.8 Å². The van der Waals surface area contributed by atoms with Crippen molar-refractivity contribution in [2.45, 2.75) is 43.5 Å². The molecule has 33 heavy (non-hydrogen) atoms. The van der Waals surface area contributed by atoms with Gasteiger partial charge in [0.1, 0.15) is 0 Å². The molecule has 2 aromatic carbocycles. The molecule has 1 aliphatic rings. The number of nitrogens with zero attached hydrogens (tertiary/aromatic N) is 3. The highest BCUT2D eigenvalue weighted by Crippen LogP contribution is 2.28. The van der Waals surface area contributed by atoms with Crippen molar-refractivity contribution in [3.63, 3.8) is 0 Å². The first-order valence-corrected chi connectivity index (χ1v) is 13.1. The third kappa shape index (κ3) is 4.98. The first-order valence-electron chi connectivity index (χ1n) is 10.8. The SMILES string of the molecule is CC[C@H]1CCCCN1S(=O)(=O)c1ccc(C(=O)Nc2nc(-c3ccc(C#N)cc3)cs2)cc1. The number of piperidine rings is 1. The summed E-state index contributed by atoms with van der Waals surface area (Å²) in [5.41, 5.74) is 2.48. The molecule has 0 saturated carbocycles. The zero-order chi connectivity index (χ0) is 23.4.